The van der Waals surface area contributed by atoms with E-state index in [1.807, 2.05) is 11.0 Å². The van der Waals surface area contributed by atoms with E-state index in [0.29, 0.717) is 34.3 Å². The Morgan fingerprint density at radius 2 is 1.00 bits per heavy atom. The van der Waals surface area contributed by atoms with Gasteiger partial charge in [-0.2, -0.15) is 10.2 Å². The maximum absolute atomic E-state index is 9.40. The highest BCUT2D eigenvalue weighted by atomic mass is 16.5. The monoisotopic (exact) mass is 412 g/mol. The molecule has 0 bridgehead atoms. The molecule has 0 radical (unpaired) electrons. The third kappa shape index (κ3) is 6.40. The van der Waals surface area contributed by atoms with Gasteiger partial charge in [-0.15, -0.1) is 0 Å². The van der Waals surface area contributed by atoms with Crippen LogP contribution in [-0.2, 0) is 0 Å². The normalized spacial score (nSPS) is 13.1. The van der Waals surface area contributed by atoms with Crippen molar-refractivity contribution in [3.63, 3.8) is 0 Å². The summed E-state index contributed by atoms with van der Waals surface area (Å²) in [6.45, 7) is 3.24. The van der Waals surface area contributed by atoms with Crippen LogP contribution < -0.4 is 20.4 Å². The SMILES string of the molecule is COc1ccc(N=C(NO)/C(C)=N/N=C(\C)C(=Nc2ccc(OC)cc2)NO)cc1. The van der Waals surface area contributed by atoms with Crippen LogP contribution in [0.15, 0.2) is 68.7 Å². The van der Waals surface area contributed by atoms with Crippen LogP contribution in [0.1, 0.15) is 13.8 Å². The molecule has 4 N–H and O–H groups in total. The van der Waals surface area contributed by atoms with Crippen molar-refractivity contribution in [3.8, 4) is 11.5 Å². The second-order valence-corrected chi connectivity index (χ2v) is 5.91. The topological polar surface area (TPSA) is 132 Å². The zero-order chi connectivity index (χ0) is 21.9. The van der Waals surface area contributed by atoms with Crippen molar-refractivity contribution < 1.29 is 19.9 Å². The number of ether oxygens (including phenoxy) is 2. The molecule has 2 aromatic carbocycles. The lowest BCUT2D eigenvalue weighted by Gasteiger charge is -2.06. The highest BCUT2D eigenvalue weighted by Crippen LogP contribution is 2.18. The minimum Gasteiger partial charge on any atom is -0.497 e. The Morgan fingerprint density at radius 1 is 0.667 bits per heavy atom. The first kappa shape index (κ1) is 22.5. The fourth-order valence-corrected chi connectivity index (χ4v) is 2.19. The van der Waals surface area contributed by atoms with Crippen LogP contribution in [0, 0.1) is 0 Å². The molecule has 0 aliphatic heterocycles. The highest BCUT2D eigenvalue weighted by molar-refractivity contribution is 6.42. The largest absolute Gasteiger partial charge is 0.497 e. The van der Waals surface area contributed by atoms with E-state index in [1.165, 1.54) is 0 Å². The van der Waals surface area contributed by atoms with Gasteiger partial charge in [-0.25, -0.2) is 9.98 Å². The number of hydroxylamine groups is 2. The van der Waals surface area contributed by atoms with E-state index in [-0.39, 0.29) is 11.7 Å². The van der Waals surface area contributed by atoms with Gasteiger partial charge in [0, 0.05) is 0 Å². The Kier molecular flexibility index (Phi) is 8.48. The first-order valence-electron chi connectivity index (χ1n) is 8.86. The Morgan fingerprint density at radius 3 is 1.27 bits per heavy atom. The van der Waals surface area contributed by atoms with Gasteiger partial charge in [0.25, 0.3) is 0 Å². The molecule has 158 valence electrons. The molecule has 0 heterocycles. The van der Waals surface area contributed by atoms with E-state index >= 15 is 0 Å². The minimum atomic E-state index is 0.113. The predicted octanol–water partition coefficient (Wildman–Crippen LogP) is 3.26. The van der Waals surface area contributed by atoms with Crippen molar-refractivity contribution in [2.24, 2.45) is 20.2 Å². The van der Waals surface area contributed by atoms with Gasteiger partial charge in [0.15, 0.2) is 11.7 Å². The number of rotatable bonds is 7. The van der Waals surface area contributed by atoms with Crippen LogP contribution >= 0.6 is 0 Å². The molecule has 0 saturated heterocycles. The van der Waals surface area contributed by atoms with E-state index in [1.54, 1.807) is 76.6 Å². The molecule has 10 nitrogen and oxygen atoms in total. The number of nitrogens with zero attached hydrogens (tertiary/aromatic N) is 4. The van der Waals surface area contributed by atoms with Crippen molar-refractivity contribution in [1.82, 2.24) is 11.0 Å². The van der Waals surface area contributed by atoms with Crippen molar-refractivity contribution in [3.05, 3.63) is 48.5 Å². The molecule has 2 rings (SSSR count). The van der Waals surface area contributed by atoms with Gasteiger partial charge in [0.1, 0.15) is 22.9 Å². The number of amidine groups is 2. The summed E-state index contributed by atoms with van der Waals surface area (Å²) in [5, 5.41) is 26.9. The number of hydrogen-bond donors (Lipinski definition) is 4. The average Bonchev–Trinajstić information content (AvgIpc) is 2.79. The number of hydrogen-bond acceptors (Lipinski definition) is 8. The van der Waals surface area contributed by atoms with Gasteiger partial charge in [0.2, 0.25) is 0 Å². The maximum atomic E-state index is 9.40. The van der Waals surface area contributed by atoms with Crippen LogP contribution in [0.5, 0.6) is 11.5 Å². The lowest BCUT2D eigenvalue weighted by molar-refractivity contribution is 0.236. The molecular formula is C20H24N6O4. The number of aliphatic imine (C=N–C) groups is 2. The van der Waals surface area contributed by atoms with Crippen molar-refractivity contribution in [1.29, 1.82) is 0 Å². The summed E-state index contributed by atoms with van der Waals surface area (Å²) in [6.07, 6.45) is 0. The van der Waals surface area contributed by atoms with Crippen LogP contribution in [0.4, 0.5) is 11.4 Å². The smallest absolute Gasteiger partial charge is 0.173 e. The van der Waals surface area contributed by atoms with Gasteiger partial charge >= 0.3 is 0 Å². The predicted molar refractivity (Wildman–Crippen MR) is 116 cm³/mol. The summed E-state index contributed by atoms with van der Waals surface area (Å²) in [6, 6.07) is 13.9. The van der Waals surface area contributed by atoms with Crippen LogP contribution in [0.3, 0.4) is 0 Å². The standard InChI is InChI=1S/C20H24N6O4/c1-13(19(25-27)21-15-5-9-17(29-3)10-6-15)23-24-14(2)20(26-28)22-16-7-11-18(30-4)12-8-16/h5-12,27-28H,1-4H3,(H,21,25)(H,22,26)/b23-13+,24-14+. The van der Waals surface area contributed by atoms with Gasteiger partial charge in [-0.3, -0.25) is 21.4 Å². The van der Waals surface area contributed by atoms with E-state index in [2.05, 4.69) is 20.2 Å². The average molecular weight is 412 g/mol. The zero-order valence-electron chi connectivity index (χ0n) is 17.1. The van der Waals surface area contributed by atoms with Crippen molar-refractivity contribution in [2.45, 2.75) is 13.8 Å². The Bertz CT molecular complexity index is 871. The van der Waals surface area contributed by atoms with Gasteiger partial charge in [-0.1, -0.05) is 0 Å². The molecule has 0 fully saturated rings. The summed E-state index contributed by atoms with van der Waals surface area (Å²) in [7, 11) is 3.15. The van der Waals surface area contributed by atoms with E-state index < -0.39 is 0 Å². The lowest BCUT2D eigenvalue weighted by Crippen LogP contribution is -2.28. The summed E-state index contributed by atoms with van der Waals surface area (Å²) < 4.78 is 10.2. The van der Waals surface area contributed by atoms with E-state index in [9.17, 15) is 10.4 Å². The molecule has 10 heteroatoms. The fraction of sp³-hybridized carbons (Fsp3) is 0.200. The summed E-state index contributed by atoms with van der Waals surface area (Å²) in [5.41, 5.74) is 5.81. The molecule has 0 aliphatic rings. The Hall–Kier alpha value is -3.76. The number of methoxy groups -OCH3 is 2. The van der Waals surface area contributed by atoms with E-state index in [0.717, 1.165) is 0 Å². The third-order valence-corrected chi connectivity index (χ3v) is 3.87. The van der Waals surface area contributed by atoms with Crippen LogP contribution in [-0.4, -0.2) is 47.7 Å². The van der Waals surface area contributed by atoms with Gasteiger partial charge in [-0.05, 0) is 62.4 Å². The second-order valence-electron chi connectivity index (χ2n) is 5.91. The summed E-state index contributed by atoms with van der Waals surface area (Å²) in [5.74, 6) is 1.61. The van der Waals surface area contributed by atoms with Crippen LogP contribution in [0.25, 0.3) is 0 Å². The molecule has 2 aromatic rings. The van der Waals surface area contributed by atoms with Gasteiger partial charge in [0.05, 0.1) is 25.6 Å². The molecule has 0 saturated carbocycles. The quantitative estimate of drug-likeness (QED) is 0.313. The van der Waals surface area contributed by atoms with Gasteiger partial charge < -0.3 is 9.47 Å². The number of nitrogens with one attached hydrogen (secondary N) is 2. The molecule has 0 unspecified atom stereocenters. The highest BCUT2D eigenvalue weighted by Gasteiger charge is 2.06. The summed E-state index contributed by atoms with van der Waals surface area (Å²) >= 11 is 0. The molecule has 0 atom stereocenters. The molecule has 0 aliphatic carbocycles. The van der Waals surface area contributed by atoms with E-state index in [4.69, 9.17) is 9.47 Å². The lowest BCUT2D eigenvalue weighted by atomic mass is 10.3. The first-order valence-corrected chi connectivity index (χ1v) is 8.86. The van der Waals surface area contributed by atoms with Crippen LogP contribution in [0.2, 0.25) is 0 Å². The third-order valence-electron chi connectivity index (χ3n) is 3.87. The zero-order valence-corrected chi connectivity index (χ0v) is 17.1. The Labute approximate surface area is 174 Å². The van der Waals surface area contributed by atoms with Crippen molar-refractivity contribution >= 4 is 34.5 Å². The minimum absolute atomic E-state index is 0.113. The molecule has 0 amide bonds. The molecule has 0 aromatic heterocycles. The second kappa shape index (κ2) is 11.3. The molecule has 30 heavy (non-hydrogen) atoms. The molecule has 0 spiro atoms. The Balaban J connectivity index is 2.22. The molecular weight excluding hydrogens is 388 g/mol. The first-order chi connectivity index (χ1) is 14.5. The summed E-state index contributed by atoms with van der Waals surface area (Å²) in [4.78, 5) is 8.54. The maximum Gasteiger partial charge on any atom is 0.173 e. The van der Waals surface area contributed by atoms with Crippen molar-refractivity contribution in [2.75, 3.05) is 14.2 Å². The fourth-order valence-electron chi connectivity index (χ4n) is 2.19. The number of benzene rings is 2.